The number of nitrogens with one attached hydrogen (secondary N) is 1. The number of hydrogen-bond donors (Lipinski definition) is 1. The van der Waals surface area contributed by atoms with Crippen molar-refractivity contribution in [3.63, 3.8) is 0 Å². The van der Waals surface area contributed by atoms with Crippen LogP contribution in [0, 0.1) is 6.92 Å². The molecule has 0 bridgehead atoms. The molecule has 0 saturated carbocycles. The first kappa shape index (κ1) is 15.0. The largest absolute Gasteiger partial charge is 0.389 e. The Morgan fingerprint density at radius 3 is 2.28 bits per heavy atom. The Hall–Kier alpha value is -1.03. The lowest BCUT2D eigenvalue weighted by Crippen LogP contribution is -2.28. The van der Waals surface area contributed by atoms with Crippen LogP contribution in [0.1, 0.15) is 30.4 Å². The fourth-order valence-corrected chi connectivity index (χ4v) is 1.91. The fraction of sp³-hybridized carbons (Fsp3) is 0.571. The van der Waals surface area contributed by atoms with Gasteiger partial charge in [-0.15, -0.1) is 0 Å². The van der Waals surface area contributed by atoms with Gasteiger partial charge in [-0.05, 0) is 38.8 Å². The zero-order valence-electron chi connectivity index (χ0n) is 10.8. The maximum absolute atomic E-state index is 12.1. The molecule has 0 saturated heterocycles. The van der Waals surface area contributed by atoms with Crippen molar-refractivity contribution in [2.24, 2.45) is 0 Å². The van der Waals surface area contributed by atoms with E-state index in [0.717, 1.165) is 12.0 Å². The summed E-state index contributed by atoms with van der Waals surface area (Å²) in [5.41, 5.74) is 2.35. The average molecular weight is 259 g/mol. The SMILES string of the molecule is CNC(CCCC(F)(F)F)Cc1ccc(C)cc1. The third-order valence-electron chi connectivity index (χ3n) is 3.02. The van der Waals surface area contributed by atoms with Crippen molar-refractivity contribution in [3.05, 3.63) is 35.4 Å². The van der Waals surface area contributed by atoms with Gasteiger partial charge in [0.05, 0.1) is 0 Å². The monoisotopic (exact) mass is 259 g/mol. The molecular weight excluding hydrogens is 239 g/mol. The van der Waals surface area contributed by atoms with Crippen LogP contribution in [-0.2, 0) is 6.42 Å². The minimum atomic E-state index is -4.04. The highest BCUT2D eigenvalue weighted by atomic mass is 19.4. The topological polar surface area (TPSA) is 12.0 Å². The van der Waals surface area contributed by atoms with Crippen molar-refractivity contribution < 1.29 is 13.2 Å². The Kier molecular flexibility index (Phi) is 5.66. The van der Waals surface area contributed by atoms with Crippen LogP contribution in [0.4, 0.5) is 13.2 Å². The molecule has 0 radical (unpaired) electrons. The molecular formula is C14H20F3N. The van der Waals surface area contributed by atoms with Gasteiger partial charge in [-0.3, -0.25) is 0 Å². The molecule has 4 heteroatoms. The zero-order valence-corrected chi connectivity index (χ0v) is 10.8. The van der Waals surface area contributed by atoms with Gasteiger partial charge in [-0.1, -0.05) is 29.8 Å². The van der Waals surface area contributed by atoms with Crippen LogP contribution in [0.3, 0.4) is 0 Å². The lowest BCUT2D eigenvalue weighted by Gasteiger charge is -2.16. The van der Waals surface area contributed by atoms with E-state index in [2.05, 4.69) is 5.32 Å². The fourth-order valence-electron chi connectivity index (χ4n) is 1.91. The van der Waals surface area contributed by atoms with Crippen molar-refractivity contribution in [3.8, 4) is 0 Å². The van der Waals surface area contributed by atoms with E-state index < -0.39 is 12.6 Å². The second-order valence-electron chi connectivity index (χ2n) is 4.68. The number of likely N-dealkylation sites (N-methyl/N-ethyl adjacent to an activating group) is 1. The van der Waals surface area contributed by atoms with E-state index in [1.807, 2.05) is 31.2 Å². The van der Waals surface area contributed by atoms with Crippen LogP contribution in [0.5, 0.6) is 0 Å². The van der Waals surface area contributed by atoms with Crippen LogP contribution in [-0.4, -0.2) is 19.3 Å². The molecule has 1 rings (SSSR count). The number of hydrogen-bond acceptors (Lipinski definition) is 1. The van der Waals surface area contributed by atoms with Crippen LogP contribution in [0.15, 0.2) is 24.3 Å². The van der Waals surface area contributed by atoms with Crippen molar-refractivity contribution in [1.82, 2.24) is 5.32 Å². The van der Waals surface area contributed by atoms with Gasteiger partial charge < -0.3 is 5.32 Å². The smallest absolute Gasteiger partial charge is 0.317 e. The van der Waals surface area contributed by atoms with Gasteiger partial charge >= 0.3 is 6.18 Å². The van der Waals surface area contributed by atoms with Crippen molar-refractivity contribution in [1.29, 1.82) is 0 Å². The molecule has 0 fully saturated rings. The molecule has 102 valence electrons. The number of rotatable bonds is 6. The highest BCUT2D eigenvalue weighted by molar-refractivity contribution is 5.22. The highest BCUT2D eigenvalue weighted by Gasteiger charge is 2.26. The molecule has 0 heterocycles. The normalized spacial score (nSPS) is 13.6. The number of alkyl halides is 3. The summed E-state index contributed by atoms with van der Waals surface area (Å²) in [4.78, 5) is 0. The second kappa shape index (κ2) is 6.78. The predicted octanol–water partition coefficient (Wildman–Crippen LogP) is 3.86. The minimum absolute atomic E-state index is 0.107. The minimum Gasteiger partial charge on any atom is -0.317 e. The summed E-state index contributed by atoms with van der Waals surface area (Å²) in [5.74, 6) is 0. The summed E-state index contributed by atoms with van der Waals surface area (Å²) in [6.07, 6.45) is -3.24. The average Bonchev–Trinajstić information content (AvgIpc) is 2.29. The molecule has 1 aromatic carbocycles. The van der Waals surface area contributed by atoms with E-state index in [1.165, 1.54) is 5.56 Å². The Bertz CT molecular complexity index is 343. The van der Waals surface area contributed by atoms with Gasteiger partial charge in [0.1, 0.15) is 0 Å². The first-order chi connectivity index (χ1) is 8.40. The Morgan fingerprint density at radius 1 is 1.17 bits per heavy atom. The van der Waals surface area contributed by atoms with Crippen LogP contribution in [0.2, 0.25) is 0 Å². The second-order valence-corrected chi connectivity index (χ2v) is 4.68. The van der Waals surface area contributed by atoms with E-state index in [1.54, 1.807) is 7.05 Å². The lowest BCUT2D eigenvalue weighted by atomic mass is 10.0. The number of aryl methyl sites for hydroxylation is 1. The Morgan fingerprint density at radius 2 is 1.78 bits per heavy atom. The first-order valence-corrected chi connectivity index (χ1v) is 6.20. The standard InChI is InChI=1S/C14H20F3N/c1-11-5-7-12(8-6-11)10-13(18-2)4-3-9-14(15,16)17/h5-8,13,18H,3-4,9-10H2,1-2H3. The van der Waals surface area contributed by atoms with Crippen LogP contribution >= 0.6 is 0 Å². The lowest BCUT2D eigenvalue weighted by molar-refractivity contribution is -0.135. The van der Waals surface area contributed by atoms with E-state index >= 15 is 0 Å². The summed E-state index contributed by atoms with van der Waals surface area (Å²) in [5, 5.41) is 3.08. The maximum Gasteiger partial charge on any atom is 0.389 e. The van der Waals surface area contributed by atoms with Gasteiger partial charge in [0.25, 0.3) is 0 Å². The van der Waals surface area contributed by atoms with Crippen LogP contribution < -0.4 is 5.32 Å². The molecule has 1 nitrogen and oxygen atoms in total. The molecule has 0 aromatic heterocycles. The maximum atomic E-state index is 12.1. The summed E-state index contributed by atoms with van der Waals surface area (Å²) in [6, 6.07) is 8.22. The molecule has 1 aromatic rings. The summed E-state index contributed by atoms with van der Waals surface area (Å²) in [7, 11) is 1.80. The molecule has 0 aliphatic rings. The van der Waals surface area contributed by atoms with Crippen LogP contribution in [0.25, 0.3) is 0 Å². The Labute approximate surface area is 106 Å². The van der Waals surface area contributed by atoms with E-state index in [-0.39, 0.29) is 12.5 Å². The van der Waals surface area contributed by atoms with Gasteiger partial charge in [-0.25, -0.2) is 0 Å². The number of benzene rings is 1. The zero-order chi connectivity index (χ0) is 13.6. The third-order valence-corrected chi connectivity index (χ3v) is 3.02. The van der Waals surface area contributed by atoms with Gasteiger partial charge in [-0.2, -0.15) is 13.2 Å². The predicted molar refractivity (Wildman–Crippen MR) is 67.6 cm³/mol. The molecule has 0 aliphatic carbocycles. The first-order valence-electron chi connectivity index (χ1n) is 6.20. The summed E-state index contributed by atoms with van der Waals surface area (Å²) < 4.78 is 36.2. The summed E-state index contributed by atoms with van der Waals surface area (Å²) >= 11 is 0. The molecule has 1 atom stereocenters. The number of halogens is 3. The molecule has 1 N–H and O–H groups in total. The summed E-state index contributed by atoms with van der Waals surface area (Å²) in [6.45, 7) is 2.02. The third kappa shape index (κ3) is 6.05. The van der Waals surface area contributed by atoms with Gasteiger partial charge in [0.15, 0.2) is 0 Å². The van der Waals surface area contributed by atoms with Crippen molar-refractivity contribution >= 4 is 0 Å². The molecule has 0 aliphatic heterocycles. The molecule has 18 heavy (non-hydrogen) atoms. The molecule has 0 spiro atoms. The van der Waals surface area contributed by atoms with E-state index in [4.69, 9.17) is 0 Å². The van der Waals surface area contributed by atoms with E-state index in [9.17, 15) is 13.2 Å². The van der Waals surface area contributed by atoms with Gasteiger partial charge in [0, 0.05) is 12.5 Å². The van der Waals surface area contributed by atoms with E-state index in [0.29, 0.717) is 6.42 Å². The molecule has 1 unspecified atom stereocenters. The van der Waals surface area contributed by atoms with Crippen molar-refractivity contribution in [2.75, 3.05) is 7.05 Å². The quantitative estimate of drug-likeness (QED) is 0.818. The molecule has 0 amide bonds. The Balaban J connectivity index is 2.40. The van der Waals surface area contributed by atoms with Crippen molar-refractivity contribution in [2.45, 2.75) is 44.8 Å². The highest BCUT2D eigenvalue weighted by Crippen LogP contribution is 2.23. The van der Waals surface area contributed by atoms with Gasteiger partial charge in [0.2, 0.25) is 0 Å².